The summed E-state index contributed by atoms with van der Waals surface area (Å²) in [4.78, 5) is 13.2. The maximum Gasteiger partial charge on any atom is 0.311 e. The second-order valence-electron chi connectivity index (χ2n) is 4.98. The van der Waals surface area contributed by atoms with Crippen molar-refractivity contribution in [1.82, 2.24) is 0 Å². The van der Waals surface area contributed by atoms with Gasteiger partial charge in [-0.2, -0.15) is 0 Å². The zero-order chi connectivity index (χ0) is 14.0. The van der Waals surface area contributed by atoms with Gasteiger partial charge in [-0.05, 0) is 25.0 Å². The van der Waals surface area contributed by atoms with E-state index in [0.717, 1.165) is 18.5 Å². The van der Waals surface area contributed by atoms with Crippen LogP contribution in [0.1, 0.15) is 12.8 Å². The third-order valence-corrected chi connectivity index (χ3v) is 3.65. The summed E-state index contributed by atoms with van der Waals surface area (Å²) >= 11 is 0. The molecule has 1 aromatic carbocycles. The monoisotopic (exact) mass is 265 g/mol. The number of rotatable bonds is 6. The van der Waals surface area contributed by atoms with Crippen LogP contribution in [-0.2, 0) is 4.79 Å². The first kappa shape index (κ1) is 13.5. The van der Waals surface area contributed by atoms with Crippen LogP contribution in [0.2, 0.25) is 0 Å². The highest BCUT2D eigenvalue weighted by atomic mass is 16.5. The molecule has 0 aliphatic heterocycles. The summed E-state index contributed by atoms with van der Waals surface area (Å²) in [6, 6.07) is 5.52. The van der Waals surface area contributed by atoms with E-state index in [9.17, 15) is 9.90 Å². The normalized spacial score (nSPS) is 15.7. The summed E-state index contributed by atoms with van der Waals surface area (Å²) in [7, 11) is 5.07. The van der Waals surface area contributed by atoms with E-state index in [1.807, 2.05) is 24.1 Å². The van der Waals surface area contributed by atoms with Crippen molar-refractivity contribution in [1.29, 1.82) is 0 Å². The van der Waals surface area contributed by atoms with E-state index in [-0.39, 0.29) is 0 Å². The lowest BCUT2D eigenvalue weighted by Gasteiger charge is -2.25. The molecule has 5 nitrogen and oxygen atoms in total. The molecule has 1 aliphatic carbocycles. The second kappa shape index (κ2) is 4.99. The molecule has 0 radical (unpaired) electrons. The van der Waals surface area contributed by atoms with Gasteiger partial charge < -0.3 is 19.5 Å². The van der Waals surface area contributed by atoms with Gasteiger partial charge in [-0.15, -0.1) is 0 Å². The Kier molecular flexibility index (Phi) is 3.55. The predicted molar refractivity (Wildman–Crippen MR) is 72.1 cm³/mol. The quantitative estimate of drug-likeness (QED) is 0.852. The van der Waals surface area contributed by atoms with Crippen LogP contribution >= 0.6 is 0 Å². The summed E-state index contributed by atoms with van der Waals surface area (Å²) in [6.45, 7) is 0.491. The molecule has 1 aliphatic rings. The molecule has 2 rings (SSSR count). The maximum atomic E-state index is 11.2. The molecule has 0 spiro atoms. The Morgan fingerprint density at radius 2 is 2.05 bits per heavy atom. The molecule has 1 aromatic rings. The predicted octanol–water partition coefficient (Wildman–Crippen LogP) is 2.00. The number of carboxylic acid groups (broad SMARTS) is 1. The van der Waals surface area contributed by atoms with Crippen LogP contribution < -0.4 is 14.4 Å². The van der Waals surface area contributed by atoms with Gasteiger partial charge >= 0.3 is 5.97 Å². The molecule has 19 heavy (non-hydrogen) atoms. The molecule has 1 N–H and O–H groups in total. The molecule has 0 amide bonds. The van der Waals surface area contributed by atoms with E-state index >= 15 is 0 Å². The highest BCUT2D eigenvalue weighted by Crippen LogP contribution is 2.47. The number of anilines is 1. The fourth-order valence-corrected chi connectivity index (χ4v) is 2.23. The second-order valence-corrected chi connectivity index (χ2v) is 4.98. The van der Waals surface area contributed by atoms with Gasteiger partial charge in [-0.25, -0.2) is 0 Å². The molecular weight excluding hydrogens is 246 g/mol. The SMILES string of the molecule is COc1ccc(N(C)CC2(C(=O)O)CC2)c(OC)c1. The van der Waals surface area contributed by atoms with Crippen LogP contribution in [0.5, 0.6) is 11.5 Å². The van der Waals surface area contributed by atoms with Crippen molar-refractivity contribution in [2.75, 3.05) is 32.7 Å². The molecule has 5 heteroatoms. The number of ether oxygens (including phenoxy) is 2. The van der Waals surface area contributed by atoms with Crippen LogP contribution in [-0.4, -0.2) is 38.9 Å². The van der Waals surface area contributed by atoms with Crippen LogP contribution in [0.25, 0.3) is 0 Å². The van der Waals surface area contributed by atoms with Crippen molar-refractivity contribution in [3.8, 4) is 11.5 Å². The van der Waals surface area contributed by atoms with E-state index in [1.165, 1.54) is 0 Å². The molecule has 1 fully saturated rings. The van der Waals surface area contributed by atoms with Crippen molar-refractivity contribution >= 4 is 11.7 Å². The van der Waals surface area contributed by atoms with Crippen LogP contribution in [0.15, 0.2) is 18.2 Å². The first-order valence-electron chi connectivity index (χ1n) is 6.19. The average Bonchev–Trinajstić information content (AvgIpc) is 3.18. The summed E-state index contributed by atoms with van der Waals surface area (Å²) in [5.74, 6) is 0.684. The Labute approximate surface area is 112 Å². The number of hydrogen-bond acceptors (Lipinski definition) is 4. The number of benzene rings is 1. The van der Waals surface area contributed by atoms with Gasteiger partial charge in [0.25, 0.3) is 0 Å². The van der Waals surface area contributed by atoms with Crippen molar-refractivity contribution < 1.29 is 19.4 Å². The minimum Gasteiger partial charge on any atom is -0.497 e. The van der Waals surface area contributed by atoms with Gasteiger partial charge in [-0.1, -0.05) is 0 Å². The number of methoxy groups -OCH3 is 2. The lowest BCUT2D eigenvalue weighted by atomic mass is 10.1. The van der Waals surface area contributed by atoms with Gasteiger partial charge in [0.15, 0.2) is 0 Å². The molecule has 0 aromatic heterocycles. The summed E-state index contributed by atoms with van der Waals surface area (Å²) in [6.07, 6.45) is 1.48. The van der Waals surface area contributed by atoms with Crippen molar-refractivity contribution in [2.24, 2.45) is 5.41 Å². The smallest absolute Gasteiger partial charge is 0.311 e. The van der Waals surface area contributed by atoms with Gasteiger partial charge in [0.05, 0.1) is 25.3 Å². The van der Waals surface area contributed by atoms with Crippen molar-refractivity contribution in [3.05, 3.63) is 18.2 Å². The largest absolute Gasteiger partial charge is 0.497 e. The van der Waals surface area contributed by atoms with E-state index < -0.39 is 11.4 Å². The van der Waals surface area contributed by atoms with Crippen LogP contribution in [0.4, 0.5) is 5.69 Å². The lowest BCUT2D eigenvalue weighted by molar-refractivity contribution is -0.142. The molecule has 104 valence electrons. The zero-order valence-corrected chi connectivity index (χ0v) is 11.5. The fourth-order valence-electron chi connectivity index (χ4n) is 2.23. The van der Waals surface area contributed by atoms with E-state index in [4.69, 9.17) is 9.47 Å². The highest BCUT2D eigenvalue weighted by molar-refractivity contribution is 5.79. The van der Waals surface area contributed by atoms with Gasteiger partial charge in [0, 0.05) is 19.7 Å². The van der Waals surface area contributed by atoms with E-state index in [2.05, 4.69) is 0 Å². The molecule has 0 heterocycles. The minimum atomic E-state index is -0.716. The Balaban J connectivity index is 2.19. The molecule has 0 saturated heterocycles. The summed E-state index contributed by atoms with van der Waals surface area (Å²) in [5, 5.41) is 9.23. The lowest BCUT2D eigenvalue weighted by Crippen LogP contribution is -2.31. The molecule has 0 unspecified atom stereocenters. The first-order chi connectivity index (χ1) is 9.02. The number of hydrogen-bond donors (Lipinski definition) is 1. The van der Waals surface area contributed by atoms with E-state index in [1.54, 1.807) is 20.3 Å². The molecule has 0 bridgehead atoms. The van der Waals surface area contributed by atoms with Crippen molar-refractivity contribution in [3.63, 3.8) is 0 Å². The summed E-state index contributed by atoms with van der Waals surface area (Å²) < 4.78 is 10.5. The Hall–Kier alpha value is -1.91. The number of carbonyl (C=O) groups is 1. The summed E-state index contributed by atoms with van der Waals surface area (Å²) in [5.41, 5.74) is 0.287. The third-order valence-electron chi connectivity index (χ3n) is 3.65. The minimum absolute atomic E-state index is 0.491. The number of aliphatic carboxylic acids is 1. The fraction of sp³-hybridized carbons (Fsp3) is 0.500. The van der Waals surface area contributed by atoms with Gasteiger partial charge in [-0.3, -0.25) is 4.79 Å². The molecular formula is C14H19NO4. The highest BCUT2D eigenvalue weighted by Gasteiger charge is 2.51. The van der Waals surface area contributed by atoms with Crippen LogP contribution in [0, 0.1) is 5.41 Å². The number of carboxylic acids is 1. The Morgan fingerprint density at radius 1 is 1.37 bits per heavy atom. The number of nitrogens with zero attached hydrogens (tertiary/aromatic N) is 1. The Morgan fingerprint density at radius 3 is 2.53 bits per heavy atom. The third kappa shape index (κ3) is 2.59. The van der Waals surface area contributed by atoms with Crippen molar-refractivity contribution in [2.45, 2.75) is 12.8 Å². The zero-order valence-electron chi connectivity index (χ0n) is 11.5. The van der Waals surface area contributed by atoms with Crippen LogP contribution in [0.3, 0.4) is 0 Å². The molecule has 0 atom stereocenters. The standard InChI is InChI=1S/C14H19NO4/c1-15(9-14(6-7-14)13(16)17)11-5-4-10(18-2)8-12(11)19-3/h4-5,8H,6-7,9H2,1-3H3,(H,16,17). The van der Waals surface area contributed by atoms with Gasteiger partial charge in [0.2, 0.25) is 0 Å². The maximum absolute atomic E-state index is 11.2. The Bertz CT molecular complexity index is 482. The molecule has 1 saturated carbocycles. The average molecular weight is 265 g/mol. The topological polar surface area (TPSA) is 59.0 Å². The van der Waals surface area contributed by atoms with E-state index in [0.29, 0.717) is 18.0 Å². The van der Waals surface area contributed by atoms with Gasteiger partial charge in [0.1, 0.15) is 11.5 Å². The first-order valence-corrected chi connectivity index (χ1v) is 6.19.